The van der Waals surface area contributed by atoms with Crippen LogP contribution in [0.3, 0.4) is 0 Å². The maximum atomic E-state index is 8.92. The first-order valence-corrected chi connectivity index (χ1v) is 3.59. The van der Waals surface area contributed by atoms with E-state index in [0.29, 0.717) is 12.3 Å². The van der Waals surface area contributed by atoms with Gasteiger partial charge in [0.05, 0.1) is 5.76 Å². The van der Waals surface area contributed by atoms with Gasteiger partial charge in [0.1, 0.15) is 0 Å². The highest BCUT2D eigenvalue weighted by molar-refractivity contribution is 5.24. The van der Waals surface area contributed by atoms with E-state index in [9.17, 15) is 0 Å². The molecular weight excluding hydrogens is 138 g/mol. The molecule has 0 radical (unpaired) electrons. The molecule has 0 saturated carbocycles. The highest BCUT2D eigenvalue weighted by Crippen LogP contribution is 2.04. The third-order valence-corrected chi connectivity index (χ3v) is 1.16. The van der Waals surface area contributed by atoms with Crippen LogP contribution in [0, 0.1) is 0 Å². The van der Waals surface area contributed by atoms with Crippen molar-refractivity contribution in [2.45, 2.75) is 13.3 Å². The second-order valence-corrected chi connectivity index (χ2v) is 2.30. The number of nitrogens with two attached hydrogens (primary N) is 1. The van der Waals surface area contributed by atoms with Crippen LogP contribution in [0.25, 0.3) is 0 Å². The van der Waals surface area contributed by atoms with Crippen LogP contribution in [0.15, 0.2) is 36.1 Å². The van der Waals surface area contributed by atoms with Gasteiger partial charge in [-0.05, 0) is 31.5 Å². The molecule has 11 heavy (non-hydrogen) atoms. The minimum absolute atomic E-state index is 0.298. The number of aliphatic hydroxyl groups is 1. The average Bonchev–Trinajstić information content (AvgIpc) is 1.87. The predicted molar refractivity (Wildman–Crippen MR) is 48.3 cm³/mol. The summed E-state index contributed by atoms with van der Waals surface area (Å²) in [6, 6.07) is 0. The van der Waals surface area contributed by atoms with E-state index in [2.05, 4.69) is 6.58 Å². The summed E-state index contributed by atoms with van der Waals surface area (Å²) in [5.74, 6) is 0.298. The maximum Gasteiger partial charge on any atom is 0.0894 e. The SMILES string of the molecule is C=C/C=C(\C=C(/C)O)CCN. The number of allylic oxidation sites excluding steroid dienone is 4. The highest BCUT2D eigenvalue weighted by Gasteiger charge is 1.90. The fourth-order valence-corrected chi connectivity index (χ4v) is 0.790. The highest BCUT2D eigenvalue weighted by atomic mass is 16.3. The first kappa shape index (κ1) is 9.98. The molecule has 62 valence electrons. The van der Waals surface area contributed by atoms with Gasteiger partial charge in [-0.25, -0.2) is 0 Å². The summed E-state index contributed by atoms with van der Waals surface area (Å²) >= 11 is 0. The molecule has 0 spiro atoms. The minimum Gasteiger partial charge on any atom is -0.513 e. The lowest BCUT2D eigenvalue weighted by Crippen LogP contribution is -1.99. The topological polar surface area (TPSA) is 46.2 Å². The van der Waals surface area contributed by atoms with Crippen LogP contribution in [-0.4, -0.2) is 11.7 Å². The fourth-order valence-electron chi connectivity index (χ4n) is 0.790. The van der Waals surface area contributed by atoms with Crippen molar-refractivity contribution in [3.05, 3.63) is 36.1 Å². The van der Waals surface area contributed by atoms with E-state index < -0.39 is 0 Å². The summed E-state index contributed by atoms with van der Waals surface area (Å²) in [7, 11) is 0. The van der Waals surface area contributed by atoms with Crippen molar-refractivity contribution in [2.75, 3.05) is 6.54 Å². The van der Waals surface area contributed by atoms with Crippen molar-refractivity contribution in [3.63, 3.8) is 0 Å². The molecule has 0 rings (SSSR count). The molecule has 3 N–H and O–H groups in total. The normalized spacial score (nSPS) is 13.3. The average molecular weight is 153 g/mol. The Labute approximate surface area is 67.7 Å². The predicted octanol–water partition coefficient (Wildman–Crippen LogP) is 1.91. The molecule has 0 aliphatic heterocycles. The van der Waals surface area contributed by atoms with Crippen LogP contribution in [0.5, 0.6) is 0 Å². The third kappa shape index (κ3) is 5.43. The van der Waals surface area contributed by atoms with Crippen molar-refractivity contribution < 1.29 is 5.11 Å². The molecule has 2 heteroatoms. The van der Waals surface area contributed by atoms with Crippen molar-refractivity contribution >= 4 is 0 Å². The molecule has 0 atom stereocenters. The number of aliphatic hydroxyl groups excluding tert-OH is 1. The smallest absolute Gasteiger partial charge is 0.0894 e. The Morgan fingerprint density at radius 3 is 2.64 bits per heavy atom. The van der Waals surface area contributed by atoms with Crippen LogP contribution in [-0.2, 0) is 0 Å². The lowest BCUT2D eigenvalue weighted by Gasteiger charge is -1.97. The van der Waals surface area contributed by atoms with Gasteiger partial charge >= 0.3 is 0 Å². The van der Waals surface area contributed by atoms with E-state index in [1.165, 1.54) is 0 Å². The maximum absolute atomic E-state index is 8.92. The summed E-state index contributed by atoms with van der Waals surface area (Å²) in [5.41, 5.74) is 6.35. The van der Waals surface area contributed by atoms with Crippen molar-refractivity contribution in [1.29, 1.82) is 0 Å². The lowest BCUT2D eigenvalue weighted by atomic mass is 10.1. The van der Waals surface area contributed by atoms with Gasteiger partial charge in [0.25, 0.3) is 0 Å². The van der Waals surface area contributed by atoms with Crippen molar-refractivity contribution in [2.24, 2.45) is 5.73 Å². The summed E-state index contributed by atoms with van der Waals surface area (Å²) in [6.07, 6.45) is 5.98. The number of hydrogen-bond acceptors (Lipinski definition) is 2. The van der Waals surface area contributed by atoms with Gasteiger partial charge in [0, 0.05) is 0 Å². The fraction of sp³-hybridized carbons (Fsp3) is 0.333. The van der Waals surface area contributed by atoms with E-state index in [-0.39, 0.29) is 0 Å². The first-order chi connectivity index (χ1) is 5.20. The van der Waals surface area contributed by atoms with E-state index in [1.807, 2.05) is 6.08 Å². The summed E-state index contributed by atoms with van der Waals surface area (Å²) in [4.78, 5) is 0. The van der Waals surface area contributed by atoms with Crippen LogP contribution in [0.1, 0.15) is 13.3 Å². The number of rotatable bonds is 4. The van der Waals surface area contributed by atoms with Gasteiger partial charge in [-0.1, -0.05) is 18.7 Å². The van der Waals surface area contributed by atoms with Gasteiger partial charge in [-0.15, -0.1) is 0 Å². The largest absolute Gasteiger partial charge is 0.513 e. The molecule has 0 aromatic rings. The standard InChI is InChI=1S/C9H15NO/c1-3-4-9(5-6-10)7-8(2)11/h3-4,7,11H,1,5-6,10H2,2H3/b8-7+,9-4-. The second kappa shape index (κ2) is 5.74. The monoisotopic (exact) mass is 153 g/mol. The Kier molecular flexibility index (Phi) is 5.21. The van der Waals surface area contributed by atoms with E-state index in [1.54, 1.807) is 19.1 Å². The Hall–Kier alpha value is -1.02. The quantitative estimate of drug-likeness (QED) is 0.478. The molecule has 0 aliphatic rings. The first-order valence-electron chi connectivity index (χ1n) is 3.59. The Morgan fingerprint density at radius 1 is 1.64 bits per heavy atom. The minimum atomic E-state index is 0.298. The molecule has 0 aromatic heterocycles. The summed E-state index contributed by atoms with van der Waals surface area (Å²) in [5, 5.41) is 8.92. The van der Waals surface area contributed by atoms with E-state index in [0.717, 1.165) is 12.0 Å². The summed E-state index contributed by atoms with van der Waals surface area (Å²) in [6.45, 7) is 5.78. The van der Waals surface area contributed by atoms with Crippen LogP contribution in [0.2, 0.25) is 0 Å². The molecule has 0 amide bonds. The van der Waals surface area contributed by atoms with E-state index >= 15 is 0 Å². The zero-order valence-corrected chi connectivity index (χ0v) is 6.88. The van der Waals surface area contributed by atoms with Crippen LogP contribution >= 0.6 is 0 Å². The molecule has 0 fully saturated rings. The molecule has 0 aliphatic carbocycles. The Bertz CT molecular complexity index is 176. The number of hydrogen-bond donors (Lipinski definition) is 2. The van der Waals surface area contributed by atoms with Crippen LogP contribution < -0.4 is 5.73 Å². The molecule has 0 bridgehead atoms. The van der Waals surface area contributed by atoms with Gasteiger partial charge in [-0.2, -0.15) is 0 Å². The van der Waals surface area contributed by atoms with Crippen LogP contribution in [0.4, 0.5) is 0 Å². The third-order valence-electron chi connectivity index (χ3n) is 1.16. The zero-order valence-electron chi connectivity index (χ0n) is 6.88. The van der Waals surface area contributed by atoms with Gasteiger partial charge < -0.3 is 10.8 Å². The second-order valence-electron chi connectivity index (χ2n) is 2.30. The van der Waals surface area contributed by atoms with E-state index in [4.69, 9.17) is 10.8 Å². The molecule has 0 heterocycles. The molecule has 0 saturated heterocycles. The Balaban J connectivity index is 4.22. The molecule has 2 nitrogen and oxygen atoms in total. The van der Waals surface area contributed by atoms with Crippen molar-refractivity contribution in [3.8, 4) is 0 Å². The van der Waals surface area contributed by atoms with Gasteiger partial charge in [-0.3, -0.25) is 0 Å². The molecular formula is C9H15NO. The van der Waals surface area contributed by atoms with Gasteiger partial charge in [0.15, 0.2) is 0 Å². The summed E-state index contributed by atoms with van der Waals surface area (Å²) < 4.78 is 0. The van der Waals surface area contributed by atoms with Crippen molar-refractivity contribution in [1.82, 2.24) is 0 Å². The Morgan fingerprint density at radius 2 is 2.27 bits per heavy atom. The molecule has 0 unspecified atom stereocenters. The zero-order chi connectivity index (χ0) is 8.69. The van der Waals surface area contributed by atoms with Gasteiger partial charge in [0.2, 0.25) is 0 Å². The molecule has 0 aromatic carbocycles. The lowest BCUT2D eigenvalue weighted by molar-refractivity contribution is 0.413.